The second kappa shape index (κ2) is 8.35. The molecule has 0 radical (unpaired) electrons. The Morgan fingerprint density at radius 3 is 2.69 bits per heavy atom. The van der Waals surface area contributed by atoms with Crippen LogP contribution in [0.4, 0.5) is 0 Å². The molecule has 3 heterocycles. The standard InChI is InChI=1S/C23H26N4OS/c1-16-9-10-18(15-17(16)2)26-12-5-8-20(26)22-21(19-7-3-4-11-24-19)25-23(29)27(22)13-6-14-28/h3-5,7-12,15,21-22,28H,6,13-14H2,1-2H3,(H,25,29). The van der Waals surface area contributed by atoms with Gasteiger partial charge in [0.25, 0.3) is 0 Å². The zero-order chi connectivity index (χ0) is 20.4. The lowest BCUT2D eigenvalue weighted by Gasteiger charge is -2.29. The minimum atomic E-state index is -0.0532. The summed E-state index contributed by atoms with van der Waals surface area (Å²) < 4.78 is 2.23. The van der Waals surface area contributed by atoms with Crippen LogP contribution < -0.4 is 5.32 Å². The second-order valence-electron chi connectivity index (χ2n) is 7.47. The number of aliphatic hydroxyl groups is 1. The number of pyridine rings is 1. The van der Waals surface area contributed by atoms with Crippen molar-refractivity contribution >= 4 is 17.3 Å². The van der Waals surface area contributed by atoms with Gasteiger partial charge in [0, 0.05) is 36.9 Å². The third-order valence-corrected chi connectivity index (χ3v) is 5.96. The number of hydrogen-bond acceptors (Lipinski definition) is 3. The van der Waals surface area contributed by atoms with Crippen LogP contribution in [0.1, 0.15) is 41.0 Å². The topological polar surface area (TPSA) is 53.3 Å². The lowest BCUT2D eigenvalue weighted by molar-refractivity contribution is 0.245. The zero-order valence-corrected chi connectivity index (χ0v) is 17.6. The van der Waals surface area contributed by atoms with Crippen LogP contribution in [0.5, 0.6) is 0 Å². The van der Waals surface area contributed by atoms with E-state index >= 15 is 0 Å². The molecule has 2 aromatic heterocycles. The Morgan fingerprint density at radius 2 is 1.97 bits per heavy atom. The molecule has 150 valence electrons. The average Bonchev–Trinajstić information content (AvgIpc) is 3.33. The second-order valence-corrected chi connectivity index (χ2v) is 7.86. The summed E-state index contributed by atoms with van der Waals surface area (Å²) in [5.74, 6) is 0. The highest BCUT2D eigenvalue weighted by molar-refractivity contribution is 7.80. The van der Waals surface area contributed by atoms with Gasteiger partial charge >= 0.3 is 0 Å². The van der Waals surface area contributed by atoms with Crippen molar-refractivity contribution in [1.29, 1.82) is 0 Å². The molecule has 2 atom stereocenters. The Morgan fingerprint density at radius 1 is 1.10 bits per heavy atom. The molecule has 1 aliphatic heterocycles. The maximum absolute atomic E-state index is 9.39. The fourth-order valence-electron chi connectivity index (χ4n) is 3.95. The van der Waals surface area contributed by atoms with Gasteiger partial charge in [-0.15, -0.1) is 0 Å². The molecule has 0 amide bonds. The summed E-state index contributed by atoms with van der Waals surface area (Å²) in [6.45, 7) is 5.09. The van der Waals surface area contributed by atoms with Gasteiger partial charge in [-0.05, 0) is 80.0 Å². The Labute approximate surface area is 177 Å². The van der Waals surface area contributed by atoms with Crippen LogP contribution in [-0.2, 0) is 0 Å². The molecule has 29 heavy (non-hydrogen) atoms. The number of thiocarbonyl (C=S) groups is 1. The van der Waals surface area contributed by atoms with E-state index in [1.807, 2.05) is 24.4 Å². The van der Waals surface area contributed by atoms with Gasteiger partial charge in [0.1, 0.15) is 0 Å². The van der Waals surface area contributed by atoms with Gasteiger partial charge in [-0.25, -0.2) is 0 Å². The summed E-state index contributed by atoms with van der Waals surface area (Å²) in [4.78, 5) is 6.77. The van der Waals surface area contributed by atoms with Gasteiger partial charge in [0.2, 0.25) is 0 Å². The smallest absolute Gasteiger partial charge is 0.170 e. The van der Waals surface area contributed by atoms with E-state index in [0.717, 1.165) is 17.1 Å². The number of hydrogen-bond donors (Lipinski definition) is 2. The molecule has 1 aromatic carbocycles. The lowest BCUT2D eigenvalue weighted by atomic mass is 10.0. The first-order valence-electron chi connectivity index (χ1n) is 9.94. The van der Waals surface area contributed by atoms with E-state index in [2.05, 4.69) is 70.1 Å². The minimum Gasteiger partial charge on any atom is -0.396 e. The fraction of sp³-hybridized carbons (Fsp3) is 0.304. The van der Waals surface area contributed by atoms with E-state index in [1.54, 1.807) is 0 Å². The molecule has 5 nitrogen and oxygen atoms in total. The van der Waals surface area contributed by atoms with Crippen molar-refractivity contribution in [1.82, 2.24) is 19.8 Å². The van der Waals surface area contributed by atoms with Crippen LogP contribution in [-0.4, -0.2) is 37.8 Å². The number of benzene rings is 1. The van der Waals surface area contributed by atoms with Crippen LogP contribution in [0.2, 0.25) is 0 Å². The van der Waals surface area contributed by atoms with Gasteiger partial charge in [0.05, 0.1) is 17.8 Å². The summed E-state index contributed by atoms with van der Waals surface area (Å²) in [6.07, 6.45) is 4.58. The maximum atomic E-state index is 9.39. The predicted molar refractivity (Wildman–Crippen MR) is 119 cm³/mol. The number of aryl methyl sites for hydroxylation is 2. The summed E-state index contributed by atoms with van der Waals surface area (Å²) in [7, 11) is 0. The molecule has 6 heteroatoms. The van der Waals surface area contributed by atoms with Gasteiger partial charge in [-0.3, -0.25) is 4.98 Å². The molecular formula is C23H26N4OS. The quantitative estimate of drug-likeness (QED) is 0.609. The van der Waals surface area contributed by atoms with Gasteiger partial charge in [-0.2, -0.15) is 0 Å². The largest absolute Gasteiger partial charge is 0.396 e. The number of aliphatic hydroxyl groups excluding tert-OH is 1. The molecule has 1 fully saturated rings. The first kappa shape index (κ1) is 19.6. The number of aromatic nitrogens is 2. The van der Waals surface area contributed by atoms with Crippen LogP contribution in [0.25, 0.3) is 5.69 Å². The Hall–Kier alpha value is -2.70. The van der Waals surface area contributed by atoms with Crippen molar-refractivity contribution in [2.24, 2.45) is 0 Å². The van der Waals surface area contributed by atoms with Crippen molar-refractivity contribution in [3.8, 4) is 5.69 Å². The van der Waals surface area contributed by atoms with Crippen LogP contribution in [0, 0.1) is 13.8 Å². The molecule has 3 aromatic rings. The Kier molecular flexibility index (Phi) is 5.65. The van der Waals surface area contributed by atoms with Crippen LogP contribution in [0.15, 0.2) is 60.9 Å². The molecule has 1 aliphatic rings. The summed E-state index contributed by atoms with van der Waals surface area (Å²) >= 11 is 5.68. The fourth-order valence-corrected chi connectivity index (χ4v) is 4.29. The Balaban J connectivity index is 1.79. The molecule has 0 aliphatic carbocycles. The molecule has 0 spiro atoms. The highest BCUT2D eigenvalue weighted by Gasteiger charge is 2.40. The predicted octanol–water partition coefficient (Wildman–Crippen LogP) is 3.84. The van der Waals surface area contributed by atoms with Gasteiger partial charge in [-0.1, -0.05) is 12.1 Å². The summed E-state index contributed by atoms with van der Waals surface area (Å²) in [5.41, 5.74) is 5.78. The molecule has 1 saturated heterocycles. The van der Waals surface area contributed by atoms with Crippen molar-refractivity contribution in [2.45, 2.75) is 32.4 Å². The van der Waals surface area contributed by atoms with Crippen molar-refractivity contribution in [3.63, 3.8) is 0 Å². The third kappa shape index (κ3) is 3.78. The highest BCUT2D eigenvalue weighted by Crippen LogP contribution is 2.39. The van der Waals surface area contributed by atoms with E-state index in [1.165, 1.54) is 11.1 Å². The molecule has 0 bridgehead atoms. The van der Waals surface area contributed by atoms with Crippen molar-refractivity contribution in [2.75, 3.05) is 13.2 Å². The van der Waals surface area contributed by atoms with Gasteiger partial charge in [0.15, 0.2) is 5.11 Å². The molecule has 4 rings (SSSR count). The first-order valence-corrected chi connectivity index (χ1v) is 10.3. The maximum Gasteiger partial charge on any atom is 0.170 e. The molecule has 2 N–H and O–H groups in total. The van der Waals surface area contributed by atoms with E-state index in [9.17, 15) is 5.11 Å². The van der Waals surface area contributed by atoms with Crippen LogP contribution >= 0.6 is 12.2 Å². The van der Waals surface area contributed by atoms with E-state index in [-0.39, 0.29) is 18.7 Å². The monoisotopic (exact) mass is 406 g/mol. The van der Waals surface area contributed by atoms with Crippen molar-refractivity contribution in [3.05, 3.63) is 83.4 Å². The SMILES string of the molecule is Cc1ccc(-n2cccc2C2C(c3ccccn3)NC(=S)N2CCCO)cc1C. The molecule has 2 unspecified atom stereocenters. The summed E-state index contributed by atoms with van der Waals surface area (Å²) in [5, 5.41) is 13.6. The van der Waals surface area contributed by atoms with Crippen molar-refractivity contribution < 1.29 is 5.11 Å². The molecular weight excluding hydrogens is 380 g/mol. The van der Waals surface area contributed by atoms with E-state index in [4.69, 9.17) is 12.2 Å². The molecule has 0 saturated carbocycles. The number of nitrogens with zero attached hydrogens (tertiary/aromatic N) is 3. The summed E-state index contributed by atoms with van der Waals surface area (Å²) in [6, 6.07) is 16.6. The average molecular weight is 407 g/mol. The number of nitrogens with one attached hydrogen (secondary N) is 1. The lowest BCUT2D eigenvalue weighted by Crippen LogP contribution is -2.31. The Bertz CT molecular complexity index is 1000. The van der Waals surface area contributed by atoms with E-state index < -0.39 is 0 Å². The van der Waals surface area contributed by atoms with Crippen LogP contribution in [0.3, 0.4) is 0 Å². The normalized spacial score (nSPS) is 18.9. The zero-order valence-electron chi connectivity index (χ0n) is 16.7. The third-order valence-electron chi connectivity index (χ3n) is 5.61. The van der Waals surface area contributed by atoms with Gasteiger partial charge < -0.3 is 19.9 Å². The highest BCUT2D eigenvalue weighted by atomic mass is 32.1. The first-order chi connectivity index (χ1) is 14.1. The van der Waals surface area contributed by atoms with E-state index in [0.29, 0.717) is 18.1 Å². The minimum absolute atomic E-state index is 0.0134. The number of rotatable bonds is 6.